The summed E-state index contributed by atoms with van der Waals surface area (Å²) in [5, 5.41) is 0. The second-order valence-electron chi connectivity index (χ2n) is 5.90. The van der Waals surface area contributed by atoms with Crippen LogP contribution in [0.1, 0.15) is 0 Å². The minimum atomic E-state index is -0.622. The van der Waals surface area contributed by atoms with E-state index in [1.54, 1.807) is 29.3 Å². The number of nitrogens with zero attached hydrogens (tertiary/aromatic N) is 2. The maximum Gasteiger partial charge on any atom is 0.355 e. The fourth-order valence-electron chi connectivity index (χ4n) is 3.09. The first-order valence-electron chi connectivity index (χ1n) is 8.64. The number of carbonyl (C=O) groups is 2. The van der Waals surface area contributed by atoms with Crippen molar-refractivity contribution in [2.75, 3.05) is 50.3 Å². The van der Waals surface area contributed by atoms with E-state index in [4.69, 9.17) is 14.2 Å². The Hall–Kier alpha value is -3.06. The van der Waals surface area contributed by atoms with Crippen molar-refractivity contribution in [3.8, 4) is 0 Å². The summed E-state index contributed by atoms with van der Waals surface area (Å²) >= 11 is 0. The number of benzene rings is 1. The Morgan fingerprint density at radius 1 is 0.963 bits per heavy atom. The van der Waals surface area contributed by atoms with E-state index in [1.807, 2.05) is 24.3 Å². The van der Waals surface area contributed by atoms with Gasteiger partial charge in [-0.3, -0.25) is 0 Å². The first-order chi connectivity index (χ1) is 13.2. The fraction of sp³-hybridized carbons (Fsp3) is 0.300. The maximum absolute atomic E-state index is 12.6. The van der Waals surface area contributed by atoms with Gasteiger partial charge in [0, 0.05) is 19.3 Å². The minimum Gasteiger partial charge on any atom is -0.465 e. The molecule has 0 N–H and O–H groups in total. The Balaban J connectivity index is 2.14. The van der Waals surface area contributed by atoms with Gasteiger partial charge < -0.3 is 24.0 Å². The SMILES string of the molecule is COC(=O)C1=C(C(=O)OC)N(c2ccccc2N2CCOCC2)C=CC=C1. The van der Waals surface area contributed by atoms with Crippen molar-refractivity contribution < 1.29 is 23.8 Å². The average molecular weight is 370 g/mol. The zero-order chi connectivity index (χ0) is 19.2. The number of hydrogen-bond donors (Lipinski definition) is 0. The number of morpholine rings is 1. The van der Waals surface area contributed by atoms with E-state index in [0.29, 0.717) is 13.2 Å². The van der Waals surface area contributed by atoms with Crippen LogP contribution in [0.5, 0.6) is 0 Å². The molecule has 142 valence electrons. The van der Waals surface area contributed by atoms with Gasteiger partial charge in [0.15, 0.2) is 0 Å². The minimum absolute atomic E-state index is 0.107. The van der Waals surface area contributed by atoms with Crippen molar-refractivity contribution in [2.45, 2.75) is 0 Å². The van der Waals surface area contributed by atoms with Gasteiger partial charge in [-0.15, -0.1) is 0 Å². The van der Waals surface area contributed by atoms with Gasteiger partial charge in [-0.05, 0) is 24.3 Å². The second-order valence-corrected chi connectivity index (χ2v) is 5.90. The van der Waals surface area contributed by atoms with Gasteiger partial charge in [-0.1, -0.05) is 18.2 Å². The number of rotatable bonds is 4. The van der Waals surface area contributed by atoms with E-state index in [0.717, 1.165) is 24.5 Å². The molecule has 3 rings (SSSR count). The molecule has 1 saturated heterocycles. The van der Waals surface area contributed by atoms with Gasteiger partial charge >= 0.3 is 11.9 Å². The first kappa shape index (κ1) is 18.7. The Labute approximate surface area is 158 Å². The van der Waals surface area contributed by atoms with Crippen LogP contribution >= 0.6 is 0 Å². The molecule has 7 heteroatoms. The van der Waals surface area contributed by atoms with E-state index < -0.39 is 11.9 Å². The summed E-state index contributed by atoms with van der Waals surface area (Å²) in [7, 11) is 2.57. The topological polar surface area (TPSA) is 68.3 Å². The van der Waals surface area contributed by atoms with Crippen LogP contribution in [0.25, 0.3) is 0 Å². The average Bonchev–Trinajstić information content (AvgIpc) is 2.96. The number of esters is 2. The molecular formula is C20H22N2O5. The van der Waals surface area contributed by atoms with Crippen molar-refractivity contribution in [1.82, 2.24) is 0 Å². The third-order valence-corrected chi connectivity index (χ3v) is 4.38. The molecular weight excluding hydrogens is 348 g/mol. The molecule has 0 radical (unpaired) electrons. The Bertz CT molecular complexity index is 806. The number of para-hydroxylation sites is 2. The van der Waals surface area contributed by atoms with Gasteiger partial charge in [0.2, 0.25) is 0 Å². The molecule has 0 aromatic heterocycles. The number of anilines is 2. The Morgan fingerprint density at radius 3 is 2.30 bits per heavy atom. The summed E-state index contributed by atoms with van der Waals surface area (Å²) in [6.07, 6.45) is 6.73. The van der Waals surface area contributed by atoms with Gasteiger partial charge in [-0.25, -0.2) is 9.59 Å². The van der Waals surface area contributed by atoms with E-state index in [1.165, 1.54) is 14.2 Å². The first-order valence-corrected chi connectivity index (χ1v) is 8.64. The molecule has 2 aliphatic heterocycles. The number of hydrogen-bond acceptors (Lipinski definition) is 7. The fourth-order valence-corrected chi connectivity index (χ4v) is 3.09. The smallest absolute Gasteiger partial charge is 0.355 e. The Morgan fingerprint density at radius 2 is 1.63 bits per heavy atom. The molecule has 1 aromatic rings. The summed E-state index contributed by atoms with van der Waals surface area (Å²) in [5.74, 6) is -1.23. The number of allylic oxidation sites excluding steroid dienone is 2. The van der Waals surface area contributed by atoms with Crippen LogP contribution in [-0.2, 0) is 23.8 Å². The van der Waals surface area contributed by atoms with Gasteiger partial charge in [0.1, 0.15) is 5.70 Å². The van der Waals surface area contributed by atoms with Crippen LogP contribution in [0.15, 0.2) is 60.0 Å². The maximum atomic E-state index is 12.6. The molecule has 0 aliphatic carbocycles. The largest absolute Gasteiger partial charge is 0.465 e. The molecule has 0 spiro atoms. The van der Waals surface area contributed by atoms with Crippen molar-refractivity contribution in [3.05, 3.63) is 60.0 Å². The van der Waals surface area contributed by atoms with Crippen molar-refractivity contribution >= 4 is 23.3 Å². The normalized spacial score (nSPS) is 17.0. The lowest BCUT2D eigenvalue weighted by molar-refractivity contribution is -0.139. The van der Waals surface area contributed by atoms with Crippen molar-refractivity contribution in [2.24, 2.45) is 0 Å². The highest BCUT2D eigenvalue weighted by atomic mass is 16.5. The lowest BCUT2D eigenvalue weighted by atomic mass is 10.1. The molecule has 0 atom stereocenters. The van der Waals surface area contributed by atoms with Crippen molar-refractivity contribution in [1.29, 1.82) is 0 Å². The Kier molecular flexibility index (Phi) is 5.93. The molecule has 0 bridgehead atoms. The van der Waals surface area contributed by atoms with Gasteiger partial charge in [0.05, 0.1) is 44.4 Å². The third-order valence-electron chi connectivity index (χ3n) is 4.38. The predicted octanol–water partition coefficient (Wildman–Crippen LogP) is 2.01. The number of ether oxygens (including phenoxy) is 3. The summed E-state index contributed by atoms with van der Waals surface area (Å²) in [4.78, 5) is 28.7. The third kappa shape index (κ3) is 3.88. The molecule has 27 heavy (non-hydrogen) atoms. The number of carbonyl (C=O) groups excluding carboxylic acids is 2. The zero-order valence-electron chi connectivity index (χ0n) is 15.4. The van der Waals surface area contributed by atoms with Gasteiger partial charge in [-0.2, -0.15) is 0 Å². The lowest BCUT2D eigenvalue weighted by Crippen LogP contribution is -2.37. The molecule has 0 unspecified atom stereocenters. The highest BCUT2D eigenvalue weighted by molar-refractivity contribution is 6.06. The van der Waals surface area contributed by atoms with E-state index in [2.05, 4.69) is 4.90 Å². The molecule has 2 heterocycles. The van der Waals surface area contributed by atoms with E-state index >= 15 is 0 Å². The van der Waals surface area contributed by atoms with Crippen LogP contribution in [0.3, 0.4) is 0 Å². The lowest BCUT2D eigenvalue weighted by Gasteiger charge is -2.33. The van der Waals surface area contributed by atoms with Crippen LogP contribution in [-0.4, -0.2) is 52.5 Å². The quantitative estimate of drug-likeness (QED) is 0.751. The highest BCUT2D eigenvalue weighted by Crippen LogP contribution is 2.34. The molecule has 1 aromatic carbocycles. The van der Waals surface area contributed by atoms with Crippen LogP contribution in [0.4, 0.5) is 11.4 Å². The van der Waals surface area contributed by atoms with Crippen LogP contribution in [0.2, 0.25) is 0 Å². The summed E-state index contributed by atoms with van der Waals surface area (Å²) in [6, 6.07) is 7.72. The molecule has 1 fully saturated rings. The molecule has 0 saturated carbocycles. The molecule has 0 amide bonds. The molecule has 7 nitrogen and oxygen atoms in total. The summed E-state index contributed by atoms with van der Waals surface area (Å²) in [5.41, 5.74) is 1.94. The van der Waals surface area contributed by atoms with Gasteiger partial charge in [0.25, 0.3) is 0 Å². The standard InChI is InChI=1S/C20H22N2O5/c1-25-19(23)15-7-5-6-10-22(18(15)20(24)26-2)17-9-4-3-8-16(17)21-11-13-27-14-12-21/h3-10H,11-14H2,1-2H3. The second kappa shape index (κ2) is 8.55. The number of methoxy groups -OCH3 is 2. The van der Waals surface area contributed by atoms with E-state index in [9.17, 15) is 9.59 Å². The van der Waals surface area contributed by atoms with Crippen LogP contribution < -0.4 is 9.80 Å². The predicted molar refractivity (Wildman–Crippen MR) is 101 cm³/mol. The van der Waals surface area contributed by atoms with E-state index in [-0.39, 0.29) is 11.3 Å². The van der Waals surface area contributed by atoms with Crippen LogP contribution in [0, 0.1) is 0 Å². The summed E-state index contributed by atoms with van der Waals surface area (Å²) in [6.45, 7) is 2.76. The molecule has 2 aliphatic rings. The zero-order valence-corrected chi connectivity index (χ0v) is 15.4. The highest BCUT2D eigenvalue weighted by Gasteiger charge is 2.29. The summed E-state index contributed by atoms with van der Waals surface area (Å²) < 4.78 is 15.3. The van der Waals surface area contributed by atoms with Crippen molar-refractivity contribution in [3.63, 3.8) is 0 Å². The monoisotopic (exact) mass is 370 g/mol.